The second-order valence-electron chi connectivity index (χ2n) is 5.65. The van der Waals surface area contributed by atoms with Crippen molar-refractivity contribution in [3.05, 3.63) is 23.3 Å². The molecule has 0 spiro atoms. The van der Waals surface area contributed by atoms with Crippen LogP contribution in [0.2, 0.25) is 0 Å². The number of hydrogen-bond donors (Lipinski definition) is 1. The molecule has 0 aliphatic heterocycles. The number of carbonyl (C=O) groups excluding carboxylic acids is 1. The van der Waals surface area contributed by atoms with Gasteiger partial charge in [-0.15, -0.1) is 0 Å². The van der Waals surface area contributed by atoms with Gasteiger partial charge < -0.3 is 5.32 Å². The van der Waals surface area contributed by atoms with Crippen LogP contribution >= 0.6 is 11.3 Å². The summed E-state index contributed by atoms with van der Waals surface area (Å²) >= 11 is 1.53. The predicted molar refractivity (Wildman–Crippen MR) is 77.2 cm³/mol. The van der Waals surface area contributed by atoms with Crippen LogP contribution in [0.15, 0.2) is 12.1 Å². The Morgan fingerprint density at radius 1 is 1.28 bits per heavy atom. The second kappa shape index (κ2) is 4.35. The Kier molecular flexibility index (Phi) is 3.15. The molecule has 2 rings (SSSR count). The summed E-state index contributed by atoms with van der Waals surface area (Å²) in [5.74, 6) is -0.00377. The van der Waals surface area contributed by atoms with Crippen molar-refractivity contribution in [2.75, 3.05) is 5.32 Å². The average molecular weight is 262 g/mol. The van der Waals surface area contributed by atoms with Gasteiger partial charge in [-0.25, -0.2) is 4.98 Å². The number of rotatable bonds is 1. The predicted octanol–water partition coefficient (Wildman–Crippen LogP) is 3.90. The fraction of sp³-hybridized carbons (Fsp3) is 0.429. The van der Waals surface area contributed by atoms with Gasteiger partial charge in [0.15, 0.2) is 5.13 Å². The van der Waals surface area contributed by atoms with Crippen molar-refractivity contribution in [2.45, 2.75) is 34.6 Å². The van der Waals surface area contributed by atoms with E-state index in [1.807, 2.05) is 27.7 Å². The number of fused-ring (bicyclic) bond motifs is 1. The molecular weight excluding hydrogens is 244 g/mol. The Hall–Kier alpha value is -1.42. The van der Waals surface area contributed by atoms with Crippen molar-refractivity contribution < 1.29 is 4.79 Å². The lowest BCUT2D eigenvalue weighted by atomic mass is 9.96. The number of aryl methyl sites for hydroxylation is 2. The number of hydrogen-bond acceptors (Lipinski definition) is 3. The molecule has 3 nitrogen and oxygen atoms in total. The van der Waals surface area contributed by atoms with E-state index in [-0.39, 0.29) is 5.91 Å². The quantitative estimate of drug-likeness (QED) is 0.847. The maximum absolute atomic E-state index is 11.9. The van der Waals surface area contributed by atoms with Gasteiger partial charge in [-0.3, -0.25) is 4.79 Å². The van der Waals surface area contributed by atoms with E-state index >= 15 is 0 Å². The maximum Gasteiger partial charge on any atom is 0.231 e. The zero-order chi connectivity index (χ0) is 13.5. The number of aromatic nitrogens is 1. The molecule has 0 saturated carbocycles. The van der Waals surface area contributed by atoms with E-state index < -0.39 is 5.41 Å². The van der Waals surface area contributed by atoms with Gasteiger partial charge in [-0.1, -0.05) is 38.2 Å². The van der Waals surface area contributed by atoms with Gasteiger partial charge in [0.2, 0.25) is 5.91 Å². The topological polar surface area (TPSA) is 42.0 Å². The Balaban J connectivity index is 2.37. The minimum Gasteiger partial charge on any atom is -0.301 e. The molecule has 0 radical (unpaired) electrons. The third kappa shape index (κ3) is 2.53. The van der Waals surface area contributed by atoms with Crippen molar-refractivity contribution in [1.82, 2.24) is 4.98 Å². The van der Waals surface area contributed by atoms with Gasteiger partial charge in [0, 0.05) is 5.41 Å². The number of amides is 1. The van der Waals surface area contributed by atoms with Crippen molar-refractivity contribution in [2.24, 2.45) is 5.41 Å². The molecule has 2 aromatic rings. The molecule has 4 heteroatoms. The summed E-state index contributed by atoms with van der Waals surface area (Å²) in [6, 6.07) is 4.21. The fourth-order valence-corrected chi connectivity index (χ4v) is 2.75. The van der Waals surface area contributed by atoms with Crippen LogP contribution in [0.1, 0.15) is 31.9 Å². The number of benzene rings is 1. The van der Waals surface area contributed by atoms with Gasteiger partial charge >= 0.3 is 0 Å². The largest absolute Gasteiger partial charge is 0.301 e. The molecule has 0 saturated heterocycles. The van der Waals surface area contributed by atoms with Crippen LogP contribution in [0.3, 0.4) is 0 Å². The number of nitrogens with zero attached hydrogens (tertiary/aromatic N) is 1. The van der Waals surface area contributed by atoms with Crippen LogP contribution in [0, 0.1) is 19.3 Å². The highest BCUT2D eigenvalue weighted by molar-refractivity contribution is 7.22. The molecule has 1 amide bonds. The molecule has 96 valence electrons. The summed E-state index contributed by atoms with van der Waals surface area (Å²) in [5.41, 5.74) is 2.95. The monoisotopic (exact) mass is 262 g/mol. The first-order valence-corrected chi connectivity index (χ1v) is 6.78. The second-order valence-corrected chi connectivity index (χ2v) is 6.68. The molecule has 1 N–H and O–H groups in total. The van der Waals surface area contributed by atoms with E-state index in [1.54, 1.807) is 0 Å². The van der Waals surface area contributed by atoms with Crippen LogP contribution in [0.4, 0.5) is 5.13 Å². The number of carbonyl (C=O) groups is 1. The highest BCUT2D eigenvalue weighted by Crippen LogP contribution is 2.30. The molecule has 0 atom stereocenters. The molecule has 18 heavy (non-hydrogen) atoms. The van der Waals surface area contributed by atoms with Crippen molar-refractivity contribution >= 4 is 32.6 Å². The smallest absolute Gasteiger partial charge is 0.231 e. The third-order valence-electron chi connectivity index (χ3n) is 2.73. The highest BCUT2D eigenvalue weighted by atomic mass is 32.1. The van der Waals surface area contributed by atoms with Crippen LogP contribution in [0.5, 0.6) is 0 Å². The standard InChI is InChI=1S/C14H18N2OS/c1-8-6-9(2)11-10(7-8)18-13(15-11)16-12(17)14(3,4)5/h6-7H,1-5H3,(H,15,16,17). The zero-order valence-corrected chi connectivity index (χ0v) is 12.2. The van der Waals surface area contributed by atoms with Crippen LogP contribution in [-0.2, 0) is 4.79 Å². The Morgan fingerprint density at radius 2 is 1.94 bits per heavy atom. The lowest BCUT2D eigenvalue weighted by Gasteiger charge is -2.15. The first kappa shape index (κ1) is 13.0. The number of anilines is 1. The number of thiazole rings is 1. The first-order chi connectivity index (χ1) is 8.27. The van der Waals surface area contributed by atoms with Gasteiger partial charge in [-0.2, -0.15) is 0 Å². The summed E-state index contributed by atoms with van der Waals surface area (Å²) in [5, 5.41) is 3.57. The average Bonchev–Trinajstić information content (AvgIpc) is 2.58. The van der Waals surface area contributed by atoms with E-state index in [1.165, 1.54) is 16.9 Å². The fourth-order valence-electron chi connectivity index (χ4n) is 1.71. The molecule has 1 heterocycles. The zero-order valence-electron chi connectivity index (χ0n) is 11.4. The molecule has 0 bridgehead atoms. The van der Waals surface area contributed by atoms with E-state index in [4.69, 9.17) is 0 Å². The van der Waals surface area contributed by atoms with Gasteiger partial charge in [0.25, 0.3) is 0 Å². The maximum atomic E-state index is 11.9. The Labute approximate surface area is 111 Å². The molecule has 1 aromatic carbocycles. The third-order valence-corrected chi connectivity index (χ3v) is 3.65. The van der Waals surface area contributed by atoms with Crippen molar-refractivity contribution in [3.8, 4) is 0 Å². The van der Waals surface area contributed by atoms with Crippen LogP contribution in [-0.4, -0.2) is 10.9 Å². The van der Waals surface area contributed by atoms with Crippen LogP contribution in [0.25, 0.3) is 10.2 Å². The SMILES string of the molecule is Cc1cc(C)c2nc(NC(=O)C(C)(C)C)sc2c1. The van der Waals surface area contributed by atoms with E-state index in [2.05, 4.69) is 29.4 Å². The molecular formula is C14H18N2OS. The molecule has 0 aliphatic carbocycles. The van der Waals surface area contributed by atoms with Crippen molar-refractivity contribution in [3.63, 3.8) is 0 Å². The normalized spacial score (nSPS) is 11.8. The lowest BCUT2D eigenvalue weighted by molar-refractivity contribution is -0.123. The number of nitrogens with one attached hydrogen (secondary N) is 1. The van der Waals surface area contributed by atoms with Gasteiger partial charge in [0.05, 0.1) is 10.2 Å². The molecule has 1 aromatic heterocycles. The van der Waals surface area contributed by atoms with Gasteiger partial charge in [-0.05, 0) is 31.0 Å². The Bertz CT molecular complexity index is 608. The summed E-state index contributed by atoms with van der Waals surface area (Å²) in [6.07, 6.45) is 0. The van der Waals surface area contributed by atoms with Crippen LogP contribution < -0.4 is 5.32 Å². The minimum atomic E-state index is -0.400. The highest BCUT2D eigenvalue weighted by Gasteiger charge is 2.22. The minimum absolute atomic E-state index is 0.00377. The summed E-state index contributed by atoms with van der Waals surface area (Å²) in [4.78, 5) is 16.4. The molecule has 0 aliphatic rings. The lowest BCUT2D eigenvalue weighted by Crippen LogP contribution is -2.27. The van der Waals surface area contributed by atoms with E-state index in [9.17, 15) is 4.79 Å². The van der Waals surface area contributed by atoms with E-state index in [0.717, 1.165) is 15.8 Å². The molecule has 0 unspecified atom stereocenters. The van der Waals surface area contributed by atoms with Gasteiger partial charge in [0.1, 0.15) is 0 Å². The summed E-state index contributed by atoms with van der Waals surface area (Å²) in [7, 11) is 0. The Morgan fingerprint density at radius 3 is 2.56 bits per heavy atom. The van der Waals surface area contributed by atoms with E-state index in [0.29, 0.717) is 5.13 Å². The first-order valence-electron chi connectivity index (χ1n) is 5.96. The summed E-state index contributed by atoms with van der Waals surface area (Å²) in [6.45, 7) is 9.80. The molecule has 0 fully saturated rings. The summed E-state index contributed by atoms with van der Waals surface area (Å²) < 4.78 is 1.12. The van der Waals surface area contributed by atoms with Crippen molar-refractivity contribution in [1.29, 1.82) is 0 Å².